The Kier molecular flexibility index (Phi) is 3.67. The van der Waals surface area contributed by atoms with Crippen LogP contribution in [0.15, 0.2) is 41.1 Å². The molecule has 0 amide bonds. The van der Waals surface area contributed by atoms with Crippen LogP contribution in [-0.2, 0) is 6.42 Å². The number of pyridine rings is 1. The molecular weight excluding hydrogens is 276 g/mol. The number of hydrogen-bond acceptors (Lipinski definition) is 4. The maximum atomic E-state index is 8.84. The van der Waals surface area contributed by atoms with E-state index < -0.39 is 0 Å². The van der Waals surface area contributed by atoms with Crippen molar-refractivity contribution >= 4 is 22.5 Å². The Bertz CT molecular complexity index is 740. The molecule has 0 saturated heterocycles. The van der Waals surface area contributed by atoms with Crippen LogP contribution in [0, 0.1) is 0 Å². The molecular formula is C15H13ClN2O2. The predicted molar refractivity (Wildman–Crippen MR) is 77.7 cm³/mol. The number of hydrogen-bond donors (Lipinski definition) is 1. The van der Waals surface area contributed by atoms with E-state index in [1.165, 1.54) is 0 Å². The second kappa shape index (κ2) is 5.61. The Balaban J connectivity index is 2.06. The lowest BCUT2D eigenvalue weighted by Crippen LogP contribution is -1.86. The molecule has 0 saturated carbocycles. The fraction of sp³-hybridized carbons (Fsp3) is 0.200. The van der Waals surface area contributed by atoms with E-state index in [1.807, 2.05) is 30.3 Å². The highest BCUT2D eigenvalue weighted by atomic mass is 35.5. The first kappa shape index (κ1) is 13.1. The summed E-state index contributed by atoms with van der Waals surface area (Å²) in [6, 6.07) is 9.40. The van der Waals surface area contributed by atoms with E-state index in [2.05, 4.69) is 10.1 Å². The first-order valence-corrected chi connectivity index (χ1v) is 6.77. The molecule has 1 aromatic carbocycles. The second-order valence-corrected chi connectivity index (χ2v) is 4.91. The van der Waals surface area contributed by atoms with Gasteiger partial charge in [-0.15, -0.1) is 0 Å². The van der Waals surface area contributed by atoms with Crippen LogP contribution in [0.5, 0.6) is 0 Å². The number of nitrogens with zero attached hydrogens (tertiary/aromatic N) is 2. The third kappa shape index (κ3) is 2.40. The summed E-state index contributed by atoms with van der Waals surface area (Å²) in [5.41, 5.74) is 2.43. The van der Waals surface area contributed by atoms with Crippen molar-refractivity contribution in [3.63, 3.8) is 0 Å². The van der Waals surface area contributed by atoms with Gasteiger partial charge >= 0.3 is 0 Å². The third-order valence-corrected chi connectivity index (χ3v) is 3.46. The van der Waals surface area contributed by atoms with E-state index in [0.29, 0.717) is 17.9 Å². The van der Waals surface area contributed by atoms with E-state index in [4.69, 9.17) is 21.2 Å². The maximum Gasteiger partial charge on any atom is 0.137 e. The summed E-state index contributed by atoms with van der Waals surface area (Å²) >= 11 is 6.18. The monoisotopic (exact) mass is 288 g/mol. The van der Waals surface area contributed by atoms with Crippen LogP contribution >= 0.6 is 11.6 Å². The van der Waals surface area contributed by atoms with E-state index in [9.17, 15) is 0 Å². The van der Waals surface area contributed by atoms with Crippen LogP contribution in [0.1, 0.15) is 12.2 Å². The lowest BCUT2D eigenvalue weighted by atomic mass is 10.1. The number of aromatic nitrogens is 2. The van der Waals surface area contributed by atoms with Crippen molar-refractivity contribution in [1.29, 1.82) is 0 Å². The van der Waals surface area contributed by atoms with E-state index in [0.717, 1.165) is 27.9 Å². The zero-order chi connectivity index (χ0) is 13.9. The number of benzene rings is 1. The first-order chi connectivity index (χ1) is 9.79. The largest absolute Gasteiger partial charge is 0.396 e. The Hall–Kier alpha value is -1.91. The van der Waals surface area contributed by atoms with Crippen molar-refractivity contribution in [1.82, 2.24) is 10.1 Å². The van der Waals surface area contributed by atoms with E-state index in [1.54, 1.807) is 6.20 Å². The SMILES string of the molecule is OCCCc1cc(-c2ccc(Cl)c3cccnc23)no1. The zero-order valence-corrected chi connectivity index (χ0v) is 11.5. The van der Waals surface area contributed by atoms with Crippen LogP contribution in [-0.4, -0.2) is 21.9 Å². The fourth-order valence-corrected chi connectivity index (χ4v) is 2.37. The number of aliphatic hydroxyl groups excluding tert-OH is 1. The Labute approximate surface area is 121 Å². The molecule has 102 valence electrons. The van der Waals surface area contributed by atoms with Gasteiger partial charge in [0.15, 0.2) is 0 Å². The van der Waals surface area contributed by atoms with Gasteiger partial charge in [-0.2, -0.15) is 0 Å². The third-order valence-electron chi connectivity index (χ3n) is 3.13. The van der Waals surface area contributed by atoms with Gasteiger partial charge in [0.1, 0.15) is 11.5 Å². The molecule has 0 spiro atoms. The lowest BCUT2D eigenvalue weighted by Gasteiger charge is -2.03. The van der Waals surface area contributed by atoms with Gasteiger partial charge in [0.05, 0.1) is 10.5 Å². The number of aliphatic hydroxyl groups is 1. The average molecular weight is 289 g/mol. The minimum Gasteiger partial charge on any atom is -0.396 e. The molecule has 0 atom stereocenters. The highest BCUT2D eigenvalue weighted by Gasteiger charge is 2.12. The molecule has 2 aromatic heterocycles. The van der Waals surface area contributed by atoms with Crippen LogP contribution in [0.25, 0.3) is 22.2 Å². The molecule has 3 rings (SSSR count). The summed E-state index contributed by atoms with van der Waals surface area (Å²) in [4.78, 5) is 4.38. The molecule has 0 bridgehead atoms. The van der Waals surface area contributed by atoms with Gasteiger partial charge in [-0.05, 0) is 30.7 Å². The van der Waals surface area contributed by atoms with Crippen molar-refractivity contribution in [2.24, 2.45) is 0 Å². The van der Waals surface area contributed by atoms with E-state index >= 15 is 0 Å². The number of aryl methyl sites for hydroxylation is 1. The van der Waals surface area contributed by atoms with E-state index in [-0.39, 0.29) is 6.61 Å². The summed E-state index contributed by atoms with van der Waals surface area (Å²) in [6.07, 6.45) is 3.06. The smallest absolute Gasteiger partial charge is 0.137 e. The summed E-state index contributed by atoms with van der Waals surface area (Å²) in [6.45, 7) is 0.140. The summed E-state index contributed by atoms with van der Waals surface area (Å²) < 4.78 is 5.28. The number of rotatable bonds is 4. The fourth-order valence-electron chi connectivity index (χ4n) is 2.16. The molecule has 0 aliphatic rings. The Morgan fingerprint density at radius 1 is 1.25 bits per heavy atom. The van der Waals surface area contributed by atoms with Crippen molar-refractivity contribution in [2.45, 2.75) is 12.8 Å². The Morgan fingerprint density at radius 2 is 2.15 bits per heavy atom. The molecule has 0 unspecified atom stereocenters. The summed E-state index contributed by atoms with van der Waals surface area (Å²) in [7, 11) is 0. The molecule has 0 fully saturated rings. The first-order valence-electron chi connectivity index (χ1n) is 6.39. The van der Waals surface area contributed by atoms with Crippen LogP contribution in [0.2, 0.25) is 5.02 Å². The average Bonchev–Trinajstić information content (AvgIpc) is 2.94. The van der Waals surface area contributed by atoms with Gasteiger partial charge in [-0.25, -0.2) is 0 Å². The molecule has 20 heavy (non-hydrogen) atoms. The number of fused-ring (bicyclic) bond motifs is 1. The highest BCUT2D eigenvalue weighted by molar-refractivity contribution is 6.35. The second-order valence-electron chi connectivity index (χ2n) is 4.50. The summed E-state index contributed by atoms with van der Waals surface area (Å²) in [5.74, 6) is 0.757. The minimum absolute atomic E-state index is 0.140. The van der Waals surface area contributed by atoms with Gasteiger partial charge in [0.25, 0.3) is 0 Å². The zero-order valence-electron chi connectivity index (χ0n) is 10.7. The molecule has 0 aliphatic heterocycles. The van der Waals surface area contributed by atoms with Gasteiger partial charge in [0, 0.05) is 36.2 Å². The highest BCUT2D eigenvalue weighted by Crippen LogP contribution is 2.31. The van der Waals surface area contributed by atoms with Crippen LogP contribution in [0.4, 0.5) is 0 Å². The maximum absolute atomic E-state index is 8.84. The molecule has 2 heterocycles. The molecule has 1 N–H and O–H groups in total. The minimum atomic E-state index is 0.140. The van der Waals surface area contributed by atoms with Crippen molar-refractivity contribution < 1.29 is 9.63 Å². The van der Waals surface area contributed by atoms with Crippen LogP contribution < -0.4 is 0 Å². The lowest BCUT2D eigenvalue weighted by molar-refractivity contribution is 0.280. The molecule has 0 radical (unpaired) electrons. The predicted octanol–water partition coefficient (Wildman–Crippen LogP) is 3.47. The van der Waals surface area contributed by atoms with Gasteiger partial charge in [0.2, 0.25) is 0 Å². The van der Waals surface area contributed by atoms with Gasteiger partial charge in [-0.1, -0.05) is 16.8 Å². The van der Waals surface area contributed by atoms with Gasteiger partial charge < -0.3 is 9.63 Å². The van der Waals surface area contributed by atoms with Crippen LogP contribution in [0.3, 0.4) is 0 Å². The van der Waals surface area contributed by atoms with Crippen molar-refractivity contribution in [3.8, 4) is 11.3 Å². The molecule has 4 nitrogen and oxygen atoms in total. The quantitative estimate of drug-likeness (QED) is 0.798. The topological polar surface area (TPSA) is 59.2 Å². The van der Waals surface area contributed by atoms with Crippen molar-refractivity contribution in [3.05, 3.63) is 47.3 Å². The Morgan fingerprint density at radius 3 is 3.00 bits per heavy atom. The normalized spacial score (nSPS) is 11.1. The molecule has 5 heteroatoms. The summed E-state index contributed by atoms with van der Waals surface area (Å²) in [5, 5.41) is 14.5. The molecule has 3 aromatic rings. The standard InChI is InChI=1S/C15H13ClN2O2/c16-13-6-5-12(15-11(13)4-1-7-17-15)14-9-10(20-18-14)3-2-8-19/h1,4-7,9,19H,2-3,8H2. The van der Waals surface area contributed by atoms with Gasteiger partial charge in [-0.3, -0.25) is 4.98 Å². The molecule has 0 aliphatic carbocycles. The van der Waals surface area contributed by atoms with Crippen molar-refractivity contribution in [2.75, 3.05) is 6.61 Å². The number of halogens is 1.